The molecule has 0 bridgehead atoms. The first-order valence-corrected chi connectivity index (χ1v) is 8.60. The fourth-order valence-corrected chi connectivity index (χ4v) is 4.30. The number of hydrogen-bond donors (Lipinski definition) is 1. The topological polar surface area (TPSA) is 51.0 Å². The van der Waals surface area contributed by atoms with E-state index in [0.29, 0.717) is 34.2 Å². The zero-order chi connectivity index (χ0) is 14.8. The number of benzene rings is 1. The van der Waals surface area contributed by atoms with Gasteiger partial charge in [0, 0.05) is 34.0 Å². The number of rotatable bonds is 4. The van der Waals surface area contributed by atoms with E-state index in [1.807, 2.05) is 30.9 Å². The van der Waals surface area contributed by atoms with E-state index >= 15 is 0 Å². The van der Waals surface area contributed by atoms with Gasteiger partial charge in [-0.1, -0.05) is 34.4 Å². The van der Waals surface area contributed by atoms with Crippen LogP contribution < -0.4 is 5.32 Å². The Bertz CT molecular complexity index is 634. The fraction of sp³-hybridized carbons (Fsp3) is 0.429. The minimum Gasteiger partial charge on any atom is -0.339 e. The molecule has 2 aromatic rings. The van der Waals surface area contributed by atoms with Crippen molar-refractivity contribution < 1.29 is 4.52 Å². The summed E-state index contributed by atoms with van der Waals surface area (Å²) in [6.45, 7) is 0. The molecule has 1 aliphatic heterocycles. The minimum atomic E-state index is 0.280. The van der Waals surface area contributed by atoms with Crippen molar-refractivity contribution in [2.24, 2.45) is 0 Å². The molecule has 2 heterocycles. The Morgan fingerprint density at radius 1 is 1.38 bits per heavy atom. The van der Waals surface area contributed by atoms with Gasteiger partial charge < -0.3 is 9.84 Å². The van der Waals surface area contributed by atoms with Crippen molar-refractivity contribution in [1.29, 1.82) is 0 Å². The molecule has 7 heteroatoms. The molecule has 2 unspecified atom stereocenters. The summed E-state index contributed by atoms with van der Waals surface area (Å²) < 4.78 is 5.43. The molecule has 3 rings (SSSR count). The van der Waals surface area contributed by atoms with Gasteiger partial charge in [0.2, 0.25) is 5.89 Å². The molecule has 1 aromatic carbocycles. The van der Waals surface area contributed by atoms with Crippen LogP contribution in [0.3, 0.4) is 0 Å². The number of thioether (sulfide) groups is 1. The summed E-state index contributed by atoms with van der Waals surface area (Å²) in [6.07, 6.45) is 0.545. The summed E-state index contributed by atoms with van der Waals surface area (Å²) in [5.41, 5.74) is 0.944. The maximum atomic E-state index is 6.18. The van der Waals surface area contributed by atoms with Gasteiger partial charge in [0.1, 0.15) is 0 Å². The van der Waals surface area contributed by atoms with E-state index in [2.05, 4.69) is 15.5 Å². The van der Waals surface area contributed by atoms with Gasteiger partial charge in [0.25, 0.3) is 0 Å². The Morgan fingerprint density at radius 2 is 2.24 bits per heavy atom. The van der Waals surface area contributed by atoms with E-state index in [4.69, 9.17) is 27.7 Å². The average molecular weight is 344 g/mol. The van der Waals surface area contributed by atoms with Gasteiger partial charge in [-0.2, -0.15) is 16.7 Å². The molecule has 1 aliphatic rings. The molecule has 112 valence electrons. The van der Waals surface area contributed by atoms with Gasteiger partial charge in [-0.05, 0) is 24.7 Å². The van der Waals surface area contributed by atoms with E-state index in [-0.39, 0.29) is 5.92 Å². The van der Waals surface area contributed by atoms with Crippen LogP contribution in [0.5, 0.6) is 0 Å². The maximum absolute atomic E-state index is 6.18. The highest BCUT2D eigenvalue weighted by molar-refractivity contribution is 7.99. The van der Waals surface area contributed by atoms with Gasteiger partial charge >= 0.3 is 0 Å². The van der Waals surface area contributed by atoms with Crippen LogP contribution in [0.2, 0.25) is 10.0 Å². The normalized spacial score (nSPS) is 21.9. The highest BCUT2D eigenvalue weighted by atomic mass is 35.5. The molecule has 2 atom stereocenters. The zero-order valence-electron chi connectivity index (χ0n) is 11.5. The van der Waals surface area contributed by atoms with Crippen LogP contribution in [0, 0.1) is 0 Å². The van der Waals surface area contributed by atoms with Crippen LogP contribution in [-0.2, 0) is 6.42 Å². The summed E-state index contributed by atoms with van der Waals surface area (Å²) in [4.78, 5) is 4.53. The van der Waals surface area contributed by atoms with Crippen molar-refractivity contribution >= 4 is 35.0 Å². The van der Waals surface area contributed by atoms with Crippen molar-refractivity contribution in [3.63, 3.8) is 0 Å². The van der Waals surface area contributed by atoms with E-state index in [9.17, 15) is 0 Å². The largest absolute Gasteiger partial charge is 0.339 e. The molecule has 0 radical (unpaired) electrons. The Morgan fingerprint density at radius 3 is 3.00 bits per heavy atom. The monoisotopic (exact) mass is 343 g/mol. The first-order chi connectivity index (χ1) is 10.2. The maximum Gasteiger partial charge on any atom is 0.232 e. The Labute approximate surface area is 137 Å². The first kappa shape index (κ1) is 15.2. The SMILES string of the molecule is CNC1CSCC1c1nc(Cc2ccc(Cl)cc2Cl)no1. The predicted molar refractivity (Wildman–Crippen MR) is 86.5 cm³/mol. The van der Waals surface area contributed by atoms with Crippen LogP contribution in [0.1, 0.15) is 23.2 Å². The third-order valence-corrected chi connectivity index (χ3v) is 5.39. The fourth-order valence-electron chi connectivity index (χ4n) is 2.41. The van der Waals surface area contributed by atoms with Crippen molar-refractivity contribution in [3.05, 3.63) is 45.5 Å². The van der Waals surface area contributed by atoms with E-state index in [1.54, 1.807) is 6.07 Å². The number of likely N-dealkylation sites (N-methyl/N-ethyl adjacent to an activating group) is 1. The van der Waals surface area contributed by atoms with Crippen molar-refractivity contribution in [2.75, 3.05) is 18.6 Å². The van der Waals surface area contributed by atoms with Crippen molar-refractivity contribution in [1.82, 2.24) is 15.5 Å². The quantitative estimate of drug-likeness (QED) is 0.921. The molecular weight excluding hydrogens is 329 g/mol. The number of hydrogen-bond acceptors (Lipinski definition) is 5. The third-order valence-electron chi connectivity index (χ3n) is 3.62. The van der Waals surface area contributed by atoms with E-state index in [1.165, 1.54) is 0 Å². The summed E-state index contributed by atoms with van der Waals surface area (Å²) in [5.74, 6) is 3.72. The Hall–Kier alpha value is -0.750. The molecule has 0 amide bonds. The highest BCUT2D eigenvalue weighted by Crippen LogP contribution is 2.32. The Balaban J connectivity index is 1.76. The second-order valence-electron chi connectivity index (χ2n) is 5.00. The molecule has 0 aliphatic carbocycles. The molecule has 4 nitrogen and oxygen atoms in total. The van der Waals surface area contributed by atoms with Gasteiger partial charge in [-0.3, -0.25) is 0 Å². The number of nitrogens with one attached hydrogen (secondary N) is 1. The summed E-state index contributed by atoms with van der Waals surface area (Å²) in [7, 11) is 1.97. The zero-order valence-corrected chi connectivity index (χ0v) is 13.8. The molecular formula is C14H15Cl2N3OS. The lowest BCUT2D eigenvalue weighted by molar-refractivity contribution is 0.341. The second-order valence-corrected chi connectivity index (χ2v) is 6.92. The molecule has 1 N–H and O–H groups in total. The number of aromatic nitrogens is 2. The van der Waals surface area contributed by atoms with Gasteiger partial charge in [-0.25, -0.2) is 0 Å². The summed E-state index contributed by atoms with van der Waals surface area (Å²) in [6, 6.07) is 5.82. The van der Waals surface area contributed by atoms with E-state index in [0.717, 1.165) is 17.1 Å². The average Bonchev–Trinajstić information content (AvgIpc) is 3.10. The Kier molecular flexibility index (Phi) is 4.74. The number of halogens is 2. The molecule has 1 saturated heterocycles. The minimum absolute atomic E-state index is 0.280. The van der Waals surface area contributed by atoms with Crippen LogP contribution in [0.15, 0.2) is 22.7 Å². The number of nitrogens with zero attached hydrogens (tertiary/aromatic N) is 2. The first-order valence-electron chi connectivity index (χ1n) is 6.69. The molecule has 0 saturated carbocycles. The lowest BCUT2D eigenvalue weighted by Crippen LogP contribution is -2.31. The molecule has 0 spiro atoms. The van der Waals surface area contributed by atoms with Crippen LogP contribution in [0.25, 0.3) is 0 Å². The van der Waals surface area contributed by atoms with E-state index < -0.39 is 0 Å². The van der Waals surface area contributed by atoms with Gasteiger partial charge in [0.05, 0.1) is 5.92 Å². The second kappa shape index (κ2) is 6.57. The van der Waals surface area contributed by atoms with Crippen molar-refractivity contribution in [2.45, 2.75) is 18.4 Å². The molecule has 21 heavy (non-hydrogen) atoms. The third kappa shape index (κ3) is 3.37. The molecule has 1 aromatic heterocycles. The lowest BCUT2D eigenvalue weighted by atomic mass is 10.0. The van der Waals surface area contributed by atoms with Crippen LogP contribution in [0.4, 0.5) is 0 Å². The summed E-state index contributed by atoms with van der Waals surface area (Å²) in [5, 5.41) is 8.62. The predicted octanol–water partition coefficient (Wildman–Crippen LogP) is 3.39. The smallest absolute Gasteiger partial charge is 0.232 e. The molecule has 1 fully saturated rings. The van der Waals surface area contributed by atoms with Crippen LogP contribution >= 0.6 is 35.0 Å². The highest BCUT2D eigenvalue weighted by Gasteiger charge is 2.32. The van der Waals surface area contributed by atoms with Crippen molar-refractivity contribution in [3.8, 4) is 0 Å². The summed E-state index contributed by atoms with van der Waals surface area (Å²) >= 11 is 14.0. The standard InChI is InChI=1S/C14H15Cl2N3OS/c1-17-12-7-21-6-10(12)14-18-13(19-20-14)4-8-2-3-9(15)5-11(8)16/h2-3,5,10,12,17H,4,6-7H2,1H3. The van der Waals surface area contributed by atoms with Crippen LogP contribution in [-0.4, -0.2) is 34.7 Å². The lowest BCUT2D eigenvalue weighted by Gasteiger charge is -2.13. The van der Waals surface area contributed by atoms with Gasteiger partial charge in [0.15, 0.2) is 5.82 Å². The van der Waals surface area contributed by atoms with Gasteiger partial charge in [-0.15, -0.1) is 0 Å².